The molecule has 0 bridgehead atoms. The quantitative estimate of drug-likeness (QED) is 0.856. The fourth-order valence-electron chi connectivity index (χ4n) is 2.49. The van der Waals surface area contributed by atoms with Crippen LogP contribution in [0.15, 0.2) is 35.2 Å². The van der Waals surface area contributed by atoms with Gasteiger partial charge in [0.15, 0.2) is 5.82 Å². The summed E-state index contributed by atoms with van der Waals surface area (Å²) >= 11 is 0. The molecular formula is C14H14FN3O2. The summed E-state index contributed by atoms with van der Waals surface area (Å²) in [6.07, 6.45) is 2.34. The van der Waals surface area contributed by atoms with Crippen LogP contribution in [-0.4, -0.2) is 34.0 Å². The Bertz CT molecular complexity index is 600. The molecule has 0 N–H and O–H groups in total. The average molecular weight is 275 g/mol. The molecule has 1 aromatic heterocycles. The molecule has 1 fully saturated rings. The lowest BCUT2D eigenvalue weighted by Gasteiger charge is -2.15. The normalized spacial score (nSPS) is 18.4. The maximum Gasteiger partial charge on any atom is 0.227 e. The number of halogens is 1. The summed E-state index contributed by atoms with van der Waals surface area (Å²) in [5.74, 6) is 0.458. The van der Waals surface area contributed by atoms with E-state index in [0.29, 0.717) is 24.5 Å². The molecular weight excluding hydrogens is 261 g/mol. The first-order valence-electron chi connectivity index (χ1n) is 6.51. The molecule has 2 aromatic rings. The van der Waals surface area contributed by atoms with Crippen LogP contribution >= 0.6 is 0 Å². The van der Waals surface area contributed by atoms with Gasteiger partial charge in [0.25, 0.3) is 0 Å². The third kappa shape index (κ3) is 2.68. The number of hydrogen-bond donors (Lipinski definition) is 0. The summed E-state index contributed by atoms with van der Waals surface area (Å²) < 4.78 is 17.8. The van der Waals surface area contributed by atoms with Crippen molar-refractivity contribution in [2.75, 3.05) is 13.1 Å². The van der Waals surface area contributed by atoms with Crippen LogP contribution in [0.2, 0.25) is 0 Å². The van der Waals surface area contributed by atoms with Crippen LogP contribution in [0.3, 0.4) is 0 Å². The highest BCUT2D eigenvalue weighted by molar-refractivity contribution is 5.79. The van der Waals surface area contributed by atoms with Gasteiger partial charge in [0.1, 0.15) is 5.82 Å². The predicted molar refractivity (Wildman–Crippen MR) is 68.3 cm³/mol. The number of amides is 1. The van der Waals surface area contributed by atoms with Gasteiger partial charge in [-0.2, -0.15) is 4.98 Å². The van der Waals surface area contributed by atoms with Crippen LogP contribution < -0.4 is 0 Å². The van der Waals surface area contributed by atoms with Gasteiger partial charge in [-0.3, -0.25) is 4.79 Å². The van der Waals surface area contributed by atoms with Crippen molar-refractivity contribution >= 4 is 5.91 Å². The molecule has 104 valence electrons. The van der Waals surface area contributed by atoms with Gasteiger partial charge in [-0.15, -0.1) is 0 Å². The van der Waals surface area contributed by atoms with Crippen molar-refractivity contribution in [2.45, 2.75) is 18.8 Å². The van der Waals surface area contributed by atoms with E-state index in [1.807, 2.05) is 0 Å². The van der Waals surface area contributed by atoms with Gasteiger partial charge >= 0.3 is 0 Å². The van der Waals surface area contributed by atoms with E-state index in [0.717, 1.165) is 6.42 Å². The minimum atomic E-state index is -0.318. The van der Waals surface area contributed by atoms with E-state index in [1.165, 1.54) is 18.5 Å². The summed E-state index contributed by atoms with van der Waals surface area (Å²) in [4.78, 5) is 18.0. The first-order valence-corrected chi connectivity index (χ1v) is 6.51. The number of carbonyl (C=O) groups is 1. The van der Waals surface area contributed by atoms with Crippen molar-refractivity contribution in [3.8, 4) is 0 Å². The van der Waals surface area contributed by atoms with Gasteiger partial charge in [0.05, 0.1) is 6.42 Å². The topological polar surface area (TPSA) is 59.2 Å². The number of nitrogens with zero attached hydrogens (tertiary/aromatic N) is 3. The summed E-state index contributed by atoms with van der Waals surface area (Å²) in [6, 6.07) is 6.14. The van der Waals surface area contributed by atoms with Gasteiger partial charge < -0.3 is 9.42 Å². The Kier molecular flexibility index (Phi) is 3.45. The van der Waals surface area contributed by atoms with Gasteiger partial charge in [-0.25, -0.2) is 4.39 Å². The number of carbonyl (C=O) groups excluding carboxylic acids is 1. The lowest BCUT2D eigenvalue weighted by Crippen LogP contribution is -2.30. The lowest BCUT2D eigenvalue weighted by atomic mass is 10.1. The van der Waals surface area contributed by atoms with Gasteiger partial charge in [-0.05, 0) is 24.1 Å². The van der Waals surface area contributed by atoms with Crippen LogP contribution in [0.5, 0.6) is 0 Å². The number of rotatable bonds is 3. The van der Waals surface area contributed by atoms with E-state index in [9.17, 15) is 9.18 Å². The van der Waals surface area contributed by atoms with Crippen LogP contribution in [0, 0.1) is 5.82 Å². The van der Waals surface area contributed by atoms with Crippen LogP contribution in [-0.2, 0) is 11.2 Å². The number of aromatic nitrogens is 2. The predicted octanol–water partition coefficient (Wildman–Crippen LogP) is 1.77. The zero-order chi connectivity index (χ0) is 13.9. The van der Waals surface area contributed by atoms with E-state index >= 15 is 0 Å². The van der Waals surface area contributed by atoms with Crippen LogP contribution in [0.25, 0.3) is 0 Å². The maximum atomic E-state index is 13.1. The molecule has 1 aliphatic heterocycles. The molecule has 5 nitrogen and oxygen atoms in total. The minimum absolute atomic E-state index is 0.00148. The van der Waals surface area contributed by atoms with Crippen molar-refractivity contribution in [2.24, 2.45) is 0 Å². The van der Waals surface area contributed by atoms with E-state index in [-0.39, 0.29) is 24.1 Å². The highest BCUT2D eigenvalue weighted by atomic mass is 19.1. The minimum Gasteiger partial charge on any atom is -0.343 e. The molecule has 0 spiro atoms. The summed E-state index contributed by atoms with van der Waals surface area (Å²) in [5.41, 5.74) is 0.693. The van der Waals surface area contributed by atoms with Gasteiger partial charge in [0, 0.05) is 19.0 Å². The smallest absolute Gasteiger partial charge is 0.227 e. The fraction of sp³-hybridized carbons (Fsp3) is 0.357. The Morgan fingerprint density at radius 1 is 1.50 bits per heavy atom. The molecule has 1 atom stereocenters. The van der Waals surface area contributed by atoms with E-state index in [2.05, 4.69) is 10.1 Å². The van der Waals surface area contributed by atoms with E-state index in [1.54, 1.807) is 17.0 Å². The monoisotopic (exact) mass is 275 g/mol. The van der Waals surface area contributed by atoms with E-state index in [4.69, 9.17) is 4.52 Å². The molecule has 0 radical (unpaired) electrons. The average Bonchev–Trinajstić information content (AvgIpc) is 3.10. The van der Waals surface area contributed by atoms with Crippen molar-refractivity contribution in [3.05, 3.63) is 47.9 Å². The van der Waals surface area contributed by atoms with Gasteiger partial charge in [-0.1, -0.05) is 17.3 Å². The van der Waals surface area contributed by atoms with Crippen molar-refractivity contribution in [3.63, 3.8) is 0 Å². The Labute approximate surface area is 115 Å². The fourth-order valence-corrected chi connectivity index (χ4v) is 2.49. The molecule has 2 heterocycles. The molecule has 1 aromatic carbocycles. The number of hydrogen-bond acceptors (Lipinski definition) is 4. The standard InChI is InChI=1S/C14H14FN3O2/c15-12-3-1-2-10(6-12)7-13(19)18-5-4-11(8-18)14-16-9-20-17-14/h1-3,6,9,11H,4-5,7-8H2. The Morgan fingerprint density at radius 2 is 2.40 bits per heavy atom. The molecule has 6 heteroatoms. The van der Waals surface area contributed by atoms with Crippen molar-refractivity contribution in [1.29, 1.82) is 0 Å². The second-order valence-electron chi connectivity index (χ2n) is 4.92. The third-order valence-corrected chi connectivity index (χ3v) is 3.53. The summed E-state index contributed by atoms with van der Waals surface area (Å²) in [6.45, 7) is 1.26. The molecule has 1 aliphatic rings. The van der Waals surface area contributed by atoms with Crippen molar-refractivity contribution < 1.29 is 13.7 Å². The zero-order valence-corrected chi connectivity index (χ0v) is 10.8. The second-order valence-corrected chi connectivity index (χ2v) is 4.92. The summed E-state index contributed by atoms with van der Waals surface area (Å²) in [5, 5.41) is 3.81. The SMILES string of the molecule is O=C(Cc1cccc(F)c1)N1CCC(c2ncon2)C1. The highest BCUT2D eigenvalue weighted by Gasteiger charge is 2.29. The van der Waals surface area contributed by atoms with Gasteiger partial charge in [0.2, 0.25) is 12.3 Å². The highest BCUT2D eigenvalue weighted by Crippen LogP contribution is 2.24. The third-order valence-electron chi connectivity index (χ3n) is 3.53. The second kappa shape index (κ2) is 5.40. The lowest BCUT2D eigenvalue weighted by molar-refractivity contribution is -0.129. The molecule has 3 rings (SSSR count). The largest absolute Gasteiger partial charge is 0.343 e. The van der Waals surface area contributed by atoms with Crippen LogP contribution in [0.4, 0.5) is 4.39 Å². The Hall–Kier alpha value is -2.24. The maximum absolute atomic E-state index is 13.1. The number of likely N-dealkylation sites (tertiary alicyclic amines) is 1. The molecule has 1 saturated heterocycles. The first-order chi connectivity index (χ1) is 9.72. The Balaban J connectivity index is 1.61. The first kappa shape index (κ1) is 12.8. The van der Waals surface area contributed by atoms with E-state index < -0.39 is 0 Å². The summed E-state index contributed by atoms with van der Waals surface area (Å²) in [7, 11) is 0. The number of benzene rings is 1. The molecule has 1 amide bonds. The zero-order valence-electron chi connectivity index (χ0n) is 10.8. The van der Waals surface area contributed by atoms with Crippen molar-refractivity contribution in [1.82, 2.24) is 15.0 Å². The van der Waals surface area contributed by atoms with Crippen LogP contribution in [0.1, 0.15) is 23.7 Å². The molecule has 0 saturated carbocycles. The molecule has 20 heavy (non-hydrogen) atoms. The molecule has 1 unspecified atom stereocenters. The Morgan fingerprint density at radius 3 is 3.15 bits per heavy atom. The molecule has 0 aliphatic carbocycles.